The van der Waals surface area contributed by atoms with Gasteiger partial charge in [-0.25, -0.2) is 9.50 Å². The molecule has 188 valence electrons. The van der Waals surface area contributed by atoms with Crippen LogP contribution in [-0.4, -0.2) is 79.8 Å². The molecule has 10 nitrogen and oxygen atoms in total. The van der Waals surface area contributed by atoms with Crippen molar-refractivity contribution in [3.05, 3.63) is 38.2 Å². The van der Waals surface area contributed by atoms with Crippen LogP contribution in [0.2, 0.25) is 5.02 Å². The van der Waals surface area contributed by atoms with Crippen molar-refractivity contribution in [2.45, 2.75) is 43.4 Å². The summed E-state index contributed by atoms with van der Waals surface area (Å²) in [4.78, 5) is 13.8. The number of aromatic nitrogens is 4. The summed E-state index contributed by atoms with van der Waals surface area (Å²) in [5.41, 5.74) is 1.02. The highest BCUT2D eigenvalue weighted by Gasteiger charge is 2.47. The second-order valence-corrected chi connectivity index (χ2v) is 11.6. The van der Waals surface area contributed by atoms with E-state index in [1.54, 1.807) is 22.8 Å². The number of nitrogens with zero attached hydrogens (tertiary/aromatic N) is 7. The fraction of sp³-hybridized carbons (Fsp3) is 0.500. The van der Waals surface area contributed by atoms with Crippen molar-refractivity contribution in [3.8, 4) is 6.07 Å². The van der Waals surface area contributed by atoms with E-state index >= 15 is 0 Å². The lowest BCUT2D eigenvalue weighted by Gasteiger charge is -2.52. The summed E-state index contributed by atoms with van der Waals surface area (Å²) in [6, 6.07) is 6.43. The second-order valence-electron chi connectivity index (χ2n) is 10.1. The van der Waals surface area contributed by atoms with Gasteiger partial charge in [0.25, 0.3) is 0 Å². The monoisotopic (exact) mass is 619 g/mol. The summed E-state index contributed by atoms with van der Waals surface area (Å²) >= 11 is 9.03. The maximum absolute atomic E-state index is 11.5. The molecule has 3 N–H and O–H groups in total. The number of β-amino-alcohol motifs (C(OH)–C–C–N with tert-alkyl or cyclic N) is 1. The summed E-state index contributed by atoms with van der Waals surface area (Å²) in [7, 11) is 2.14. The number of halogens is 2. The predicted octanol–water partition coefficient (Wildman–Crippen LogP) is 3.17. The van der Waals surface area contributed by atoms with Gasteiger partial charge < -0.3 is 20.6 Å². The highest BCUT2D eigenvalue weighted by Crippen LogP contribution is 2.42. The Bertz CT molecular complexity index is 1350. The largest absolute Gasteiger partial charge is 0.382 e. The number of rotatable bonds is 6. The number of aliphatic hydroxyl groups is 1. The van der Waals surface area contributed by atoms with E-state index in [1.807, 2.05) is 0 Å². The molecule has 1 aromatic carbocycles. The van der Waals surface area contributed by atoms with Gasteiger partial charge >= 0.3 is 0 Å². The van der Waals surface area contributed by atoms with E-state index < -0.39 is 5.60 Å². The van der Waals surface area contributed by atoms with Crippen molar-refractivity contribution < 1.29 is 5.11 Å². The smallest absolute Gasteiger partial charge is 0.247 e. The molecule has 1 saturated carbocycles. The summed E-state index contributed by atoms with van der Waals surface area (Å²) < 4.78 is 2.57. The molecule has 36 heavy (non-hydrogen) atoms. The topological polar surface area (TPSA) is 118 Å². The van der Waals surface area contributed by atoms with Gasteiger partial charge in [0.05, 0.1) is 28.5 Å². The van der Waals surface area contributed by atoms with Gasteiger partial charge in [-0.3, -0.25) is 4.90 Å². The second kappa shape index (κ2) is 9.25. The average Bonchev–Trinajstić information content (AvgIpc) is 3.59. The average molecular weight is 620 g/mol. The van der Waals surface area contributed by atoms with E-state index in [0.29, 0.717) is 64.4 Å². The fourth-order valence-electron chi connectivity index (χ4n) is 5.08. The van der Waals surface area contributed by atoms with E-state index in [4.69, 9.17) is 11.6 Å². The number of nitrogens with one attached hydrogen (secondary N) is 2. The number of hydrogen-bond acceptors (Lipinski definition) is 9. The highest BCUT2D eigenvalue weighted by molar-refractivity contribution is 14.1. The lowest BCUT2D eigenvalue weighted by Crippen LogP contribution is -2.63. The number of piperidine rings is 1. The van der Waals surface area contributed by atoms with Crippen LogP contribution in [0.25, 0.3) is 5.65 Å². The number of imidazole rings is 1. The van der Waals surface area contributed by atoms with Gasteiger partial charge in [-0.2, -0.15) is 10.2 Å². The third-order valence-electron chi connectivity index (χ3n) is 7.32. The van der Waals surface area contributed by atoms with Gasteiger partial charge in [-0.05, 0) is 80.5 Å². The van der Waals surface area contributed by atoms with Crippen LogP contribution in [0, 0.1) is 15.0 Å². The van der Waals surface area contributed by atoms with E-state index in [2.05, 4.69) is 71.2 Å². The maximum Gasteiger partial charge on any atom is 0.247 e. The zero-order valence-electron chi connectivity index (χ0n) is 19.9. The van der Waals surface area contributed by atoms with E-state index in [9.17, 15) is 10.4 Å². The van der Waals surface area contributed by atoms with Crippen molar-refractivity contribution in [2.75, 3.05) is 43.9 Å². The molecule has 12 heteroatoms. The Morgan fingerprint density at radius 1 is 1.22 bits per heavy atom. The Kier molecular flexibility index (Phi) is 6.20. The van der Waals surface area contributed by atoms with E-state index in [0.717, 1.165) is 42.5 Å². The van der Waals surface area contributed by atoms with E-state index in [1.165, 1.54) is 0 Å². The van der Waals surface area contributed by atoms with Crippen LogP contribution >= 0.6 is 34.2 Å². The van der Waals surface area contributed by atoms with Crippen LogP contribution in [0.15, 0.2) is 18.3 Å². The predicted molar refractivity (Wildman–Crippen MR) is 146 cm³/mol. The van der Waals surface area contributed by atoms with Gasteiger partial charge in [0.2, 0.25) is 5.95 Å². The fourth-order valence-corrected chi connectivity index (χ4v) is 5.89. The Morgan fingerprint density at radius 2 is 1.97 bits per heavy atom. The van der Waals surface area contributed by atoms with Crippen molar-refractivity contribution in [1.29, 1.82) is 5.26 Å². The van der Waals surface area contributed by atoms with Crippen LogP contribution in [-0.2, 0) is 5.60 Å². The molecule has 1 aliphatic carbocycles. The molecule has 0 unspecified atom stereocenters. The zero-order chi connectivity index (χ0) is 25.0. The first-order chi connectivity index (χ1) is 17.3. The molecule has 3 aliphatic rings. The first-order valence-corrected chi connectivity index (χ1v) is 13.6. The number of fused-ring (bicyclic) bond motifs is 1. The third kappa shape index (κ3) is 4.50. The summed E-state index contributed by atoms with van der Waals surface area (Å²) in [5, 5.41) is 32.8. The highest BCUT2D eigenvalue weighted by atomic mass is 127. The van der Waals surface area contributed by atoms with Crippen LogP contribution < -0.4 is 10.6 Å². The zero-order valence-corrected chi connectivity index (χ0v) is 22.8. The molecule has 0 spiro atoms. The molecule has 2 aromatic heterocycles. The first-order valence-electron chi connectivity index (χ1n) is 12.2. The number of benzene rings is 1. The minimum absolute atomic E-state index is 0.332. The Balaban J connectivity index is 1.29. The molecule has 3 aromatic rings. The molecule has 0 amide bonds. The number of likely N-dealkylation sites (tertiary alicyclic amines) is 2. The molecule has 0 atom stereocenters. The number of nitriles is 1. The number of hydrogen-bond donors (Lipinski definition) is 3. The van der Waals surface area contributed by atoms with Gasteiger partial charge in [0.1, 0.15) is 9.30 Å². The molecule has 4 heterocycles. The standard InChI is InChI=1S/C24H27ClIN9O/c1-33-6-4-16(5-7-33)34-12-24(36,13-34)17-8-14(10-27)9-18(20(17)25)30-23-31-21(29-15-2-3-15)22-28-11-19(26)35(22)32-23/h8-9,11,15-16,36H,2-7,12-13H2,1H3,(H2,29,30,31,32). The minimum Gasteiger partial charge on any atom is -0.382 e. The Labute approximate surface area is 227 Å². The molecule has 3 fully saturated rings. The lowest BCUT2D eigenvalue weighted by atomic mass is 9.82. The van der Waals surface area contributed by atoms with Gasteiger partial charge in [-0.15, -0.1) is 5.10 Å². The SMILES string of the molecule is CN1CCC(N2CC(O)(c3cc(C#N)cc(Nc4nc(NC5CC5)c5ncc(I)n5n4)c3Cl)C2)CC1. The molecular weight excluding hydrogens is 593 g/mol. The third-order valence-corrected chi connectivity index (χ3v) is 8.46. The summed E-state index contributed by atoms with van der Waals surface area (Å²) in [5.74, 6) is 0.982. The minimum atomic E-state index is -1.10. The van der Waals surface area contributed by atoms with Crippen LogP contribution in [0.5, 0.6) is 0 Å². The molecule has 2 saturated heterocycles. The van der Waals surface area contributed by atoms with Crippen LogP contribution in [0.3, 0.4) is 0 Å². The summed E-state index contributed by atoms with van der Waals surface area (Å²) in [6.45, 7) is 3.13. The van der Waals surface area contributed by atoms with Crippen molar-refractivity contribution in [1.82, 2.24) is 29.4 Å². The maximum atomic E-state index is 11.5. The normalized spacial score (nSPS) is 20.8. The molecule has 0 radical (unpaired) electrons. The lowest BCUT2D eigenvalue weighted by molar-refractivity contribution is -0.127. The van der Waals surface area contributed by atoms with Crippen molar-refractivity contribution >= 4 is 57.3 Å². The number of anilines is 3. The van der Waals surface area contributed by atoms with E-state index in [-0.39, 0.29) is 0 Å². The molecule has 0 bridgehead atoms. The van der Waals surface area contributed by atoms with Gasteiger partial charge in [0, 0.05) is 30.7 Å². The van der Waals surface area contributed by atoms with Crippen LogP contribution in [0.1, 0.15) is 36.8 Å². The first kappa shape index (κ1) is 24.1. The quantitative estimate of drug-likeness (QED) is 0.358. The van der Waals surface area contributed by atoms with Crippen LogP contribution in [0.4, 0.5) is 17.5 Å². The Hall–Kier alpha value is -2.24. The van der Waals surface area contributed by atoms with Gasteiger partial charge in [0.15, 0.2) is 11.5 Å². The van der Waals surface area contributed by atoms with Crippen molar-refractivity contribution in [3.63, 3.8) is 0 Å². The van der Waals surface area contributed by atoms with Gasteiger partial charge in [-0.1, -0.05) is 11.6 Å². The molecule has 6 rings (SSSR count). The molecule has 2 aliphatic heterocycles. The Morgan fingerprint density at radius 3 is 2.67 bits per heavy atom. The molecular formula is C24H27ClIN9O. The van der Waals surface area contributed by atoms with Crippen molar-refractivity contribution in [2.24, 2.45) is 0 Å². The summed E-state index contributed by atoms with van der Waals surface area (Å²) in [6.07, 6.45) is 6.13.